The molecule has 0 bridgehead atoms. The second-order valence-corrected chi connectivity index (χ2v) is 4.10. The summed E-state index contributed by atoms with van der Waals surface area (Å²) in [6.07, 6.45) is 4.49. The molecule has 4 N–H and O–H groups in total. The Morgan fingerprint density at radius 3 is 1.44 bits per heavy atom. The molecule has 0 spiro atoms. The standard InChI is InChI=1S/C9H19NOS.CH3NOS.2Zn/c1-3-5-7-10(9(11)12)8-6-4-2;2-1(3)4;;/h3-8H2,1-2H3,(H,11,12);(H3,2,3,4);;. The van der Waals surface area contributed by atoms with E-state index in [1.807, 2.05) is 4.90 Å². The zero-order valence-electron chi connectivity index (χ0n) is 11.4. The van der Waals surface area contributed by atoms with Crippen LogP contribution in [0.25, 0.3) is 0 Å². The molecule has 0 saturated heterocycles. The van der Waals surface area contributed by atoms with Crippen LogP contribution < -0.4 is 5.73 Å². The van der Waals surface area contributed by atoms with E-state index in [1.54, 1.807) is 0 Å². The summed E-state index contributed by atoms with van der Waals surface area (Å²) in [5.41, 5.74) is 4.40. The number of nitrogens with zero attached hydrogens (tertiary/aromatic N) is 1. The van der Waals surface area contributed by atoms with E-state index in [4.69, 9.17) is 22.4 Å². The zero-order valence-corrected chi connectivity index (χ0v) is 19.0. The van der Waals surface area contributed by atoms with E-state index in [0.717, 1.165) is 38.8 Å². The van der Waals surface area contributed by atoms with Gasteiger partial charge in [-0.3, -0.25) is 0 Å². The van der Waals surface area contributed by atoms with E-state index >= 15 is 0 Å². The fourth-order valence-corrected chi connectivity index (χ4v) is 1.18. The monoisotopic (exact) mass is 394 g/mol. The number of aliphatic hydroxyl groups excluding tert-OH is 2. The summed E-state index contributed by atoms with van der Waals surface area (Å²) in [6.45, 7) is 6.06. The van der Waals surface area contributed by atoms with Crippen LogP contribution >= 0.6 is 24.4 Å². The van der Waals surface area contributed by atoms with E-state index in [9.17, 15) is 0 Å². The summed E-state index contributed by atoms with van der Waals surface area (Å²) in [5, 5.41) is 16.2. The number of rotatable bonds is 6. The third-order valence-electron chi connectivity index (χ3n) is 1.83. The molecule has 100 valence electrons. The maximum Gasteiger partial charge on any atom is 0.256 e. The number of hydrogen-bond acceptors (Lipinski definition) is 2. The number of aliphatic hydroxyl groups is 2. The summed E-state index contributed by atoms with van der Waals surface area (Å²) < 4.78 is 0. The van der Waals surface area contributed by atoms with Gasteiger partial charge in [-0.15, -0.1) is 0 Å². The molecule has 0 atom stereocenters. The van der Waals surface area contributed by atoms with Crippen LogP contribution in [0.5, 0.6) is 0 Å². The SMILES string of the molecule is CCCCN(CCCC)C(O)=S.NC(O)=S.[Zn].[Zn]. The van der Waals surface area contributed by atoms with Crippen LogP contribution in [0, 0.1) is 0 Å². The maximum atomic E-state index is 9.12. The topological polar surface area (TPSA) is 69.7 Å². The minimum absolute atomic E-state index is 0. The first-order valence-electron chi connectivity index (χ1n) is 5.41. The van der Waals surface area contributed by atoms with Crippen molar-refractivity contribution in [2.24, 2.45) is 5.73 Å². The van der Waals surface area contributed by atoms with Crippen molar-refractivity contribution < 1.29 is 49.2 Å². The third-order valence-corrected chi connectivity index (χ3v) is 2.09. The van der Waals surface area contributed by atoms with Crippen LogP contribution in [0.3, 0.4) is 0 Å². The molecule has 0 aromatic rings. The summed E-state index contributed by atoms with van der Waals surface area (Å²) >= 11 is 8.60. The Balaban J connectivity index is -0.000000143. The smallest absolute Gasteiger partial charge is 0.256 e. The molecule has 4 nitrogen and oxygen atoms in total. The van der Waals surface area contributed by atoms with Crippen molar-refractivity contribution in [3.05, 3.63) is 0 Å². The average molecular weight is 397 g/mol. The molecule has 18 heavy (non-hydrogen) atoms. The van der Waals surface area contributed by atoms with E-state index in [-0.39, 0.29) is 44.1 Å². The molecule has 0 aliphatic heterocycles. The third kappa shape index (κ3) is 25.5. The number of thiocarbonyl (C=S) groups is 2. The van der Waals surface area contributed by atoms with E-state index in [1.165, 1.54) is 0 Å². The minimum atomic E-state index is -0.500. The van der Waals surface area contributed by atoms with Gasteiger partial charge in [-0.2, -0.15) is 0 Å². The van der Waals surface area contributed by atoms with Crippen molar-refractivity contribution >= 4 is 34.8 Å². The Morgan fingerprint density at radius 1 is 1.00 bits per heavy atom. The van der Waals surface area contributed by atoms with Crippen LogP contribution in [0.4, 0.5) is 0 Å². The van der Waals surface area contributed by atoms with Gasteiger partial charge in [0.25, 0.3) is 10.3 Å². The number of nitrogens with two attached hydrogens (primary N) is 1. The van der Waals surface area contributed by atoms with Gasteiger partial charge in [0.1, 0.15) is 0 Å². The van der Waals surface area contributed by atoms with Crippen molar-refractivity contribution in [2.45, 2.75) is 39.5 Å². The van der Waals surface area contributed by atoms with Gasteiger partial charge in [-0.25, -0.2) is 0 Å². The zero-order chi connectivity index (χ0) is 13.0. The Labute approximate surface area is 146 Å². The minimum Gasteiger partial charge on any atom is -0.487 e. The van der Waals surface area contributed by atoms with Gasteiger partial charge >= 0.3 is 0 Å². The summed E-state index contributed by atoms with van der Waals surface area (Å²) in [6, 6.07) is 0. The molecule has 0 heterocycles. The molecule has 0 amide bonds. The Morgan fingerprint density at radius 2 is 1.28 bits per heavy atom. The first kappa shape index (κ1) is 27.1. The van der Waals surface area contributed by atoms with Crippen LogP contribution in [-0.2, 0) is 39.0 Å². The molecule has 0 aliphatic carbocycles. The summed E-state index contributed by atoms with van der Waals surface area (Å²) in [7, 11) is 0. The normalized spacial score (nSPS) is 7.89. The van der Waals surface area contributed by atoms with Gasteiger partial charge in [0.15, 0.2) is 0 Å². The molecule has 0 unspecified atom stereocenters. The van der Waals surface area contributed by atoms with Gasteiger partial charge in [0.05, 0.1) is 0 Å². The van der Waals surface area contributed by atoms with Crippen molar-refractivity contribution in [2.75, 3.05) is 13.1 Å². The Bertz CT molecular complexity index is 198. The molecule has 8 heteroatoms. The molecular weight excluding hydrogens is 375 g/mol. The first-order valence-corrected chi connectivity index (χ1v) is 6.23. The van der Waals surface area contributed by atoms with Crippen molar-refractivity contribution in [3.63, 3.8) is 0 Å². The number of hydrogen-bond donors (Lipinski definition) is 3. The fraction of sp³-hybridized carbons (Fsp3) is 0.800. The first-order chi connectivity index (χ1) is 7.45. The molecule has 0 saturated carbocycles. The van der Waals surface area contributed by atoms with Gasteiger partial charge in [0, 0.05) is 52.0 Å². The van der Waals surface area contributed by atoms with Crippen molar-refractivity contribution in [3.8, 4) is 0 Å². The van der Waals surface area contributed by atoms with E-state index in [0.29, 0.717) is 0 Å². The molecule has 0 radical (unpaired) electrons. The van der Waals surface area contributed by atoms with Crippen LogP contribution in [0.2, 0.25) is 0 Å². The predicted molar refractivity (Wildman–Crippen MR) is 76.0 cm³/mol. The fourth-order valence-electron chi connectivity index (χ4n) is 1.00. The quantitative estimate of drug-likeness (QED) is 0.473. The summed E-state index contributed by atoms with van der Waals surface area (Å²) in [5.74, 6) is 0. The van der Waals surface area contributed by atoms with Crippen LogP contribution in [0.15, 0.2) is 0 Å². The van der Waals surface area contributed by atoms with Gasteiger partial charge < -0.3 is 20.8 Å². The van der Waals surface area contributed by atoms with E-state index < -0.39 is 5.17 Å². The average Bonchev–Trinajstić information content (AvgIpc) is 2.16. The van der Waals surface area contributed by atoms with Gasteiger partial charge in [0.2, 0.25) is 0 Å². The molecule has 0 aromatic heterocycles. The molecule has 0 aliphatic rings. The Hall–Kier alpha value is 0.627. The Kier molecular flexibility index (Phi) is 30.0. The van der Waals surface area contributed by atoms with E-state index in [2.05, 4.69) is 31.8 Å². The second kappa shape index (κ2) is 20.0. The van der Waals surface area contributed by atoms with Gasteiger partial charge in [-0.1, -0.05) is 26.7 Å². The molecule has 0 aromatic carbocycles. The van der Waals surface area contributed by atoms with Gasteiger partial charge in [-0.05, 0) is 37.3 Å². The van der Waals surface area contributed by atoms with Crippen molar-refractivity contribution in [1.82, 2.24) is 4.90 Å². The predicted octanol–water partition coefficient (Wildman–Crippen LogP) is 2.51. The molecular formula is C10H22N2O2S2Zn2. The number of unbranched alkanes of at least 4 members (excludes halogenated alkanes) is 2. The molecule has 0 rings (SSSR count). The van der Waals surface area contributed by atoms with Crippen LogP contribution in [-0.4, -0.2) is 38.6 Å². The van der Waals surface area contributed by atoms with Crippen molar-refractivity contribution in [1.29, 1.82) is 0 Å². The second-order valence-electron chi connectivity index (χ2n) is 3.31. The largest absolute Gasteiger partial charge is 0.487 e. The maximum absolute atomic E-state index is 9.12. The van der Waals surface area contributed by atoms with Crippen LogP contribution in [0.1, 0.15) is 39.5 Å². The summed E-state index contributed by atoms with van der Waals surface area (Å²) in [4.78, 5) is 1.88. The molecule has 0 fully saturated rings.